The fourth-order valence-electron chi connectivity index (χ4n) is 1.12. The molecule has 1 amide bonds. The molecule has 2 nitrogen and oxygen atoms in total. The molecule has 0 saturated heterocycles. The van der Waals surface area contributed by atoms with Crippen LogP contribution in [-0.4, -0.2) is 12.5 Å². The van der Waals surface area contributed by atoms with Crippen molar-refractivity contribution in [3.05, 3.63) is 46.0 Å². The fraction of sp³-hybridized carbons (Fsp3) is 0.250. The van der Waals surface area contributed by atoms with Gasteiger partial charge in [0.2, 0.25) is 0 Å². The third kappa shape index (κ3) is 3.51. The van der Waals surface area contributed by atoms with Gasteiger partial charge in [-0.2, -0.15) is 0 Å². The molecule has 1 aromatic rings. The number of amides is 1. The maximum Gasteiger partial charge on any atom is 0.251 e. The van der Waals surface area contributed by atoms with E-state index in [1.807, 2.05) is 26.0 Å². The zero-order valence-electron chi connectivity index (χ0n) is 8.93. The quantitative estimate of drug-likeness (QED) is 0.839. The zero-order chi connectivity index (χ0) is 11.4. The molecule has 0 aromatic heterocycles. The van der Waals surface area contributed by atoms with Gasteiger partial charge < -0.3 is 5.32 Å². The summed E-state index contributed by atoms with van der Waals surface area (Å²) in [5.74, 6) is -0.0615. The van der Waals surface area contributed by atoms with Crippen LogP contribution < -0.4 is 5.32 Å². The van der Waals surface area contributed by atoms with Crippen molar-refractivity contribution in [3.63, 3.8) is 0 Å². The molecule has 0 spiro atoms. The van der Waals surface area contributed by atoms with Crippen molar-refractivity contribution in [2.24, 2.45) is 0 Å². The summed E-state index contributed by atoms with van der Waals surface area (Å²) in [7, 11) is 0. The van der Waals surface area contributed by atoms with Crippen molar-refractivity contribution >= 4 is 21.8 Å². The van der Waals surface area contributed by atoms with Gasteiger partial charge in [0, 0.05) is 16.6 Å². The van der Waals surface area contributed by atoms with E-state index in [0.29, 0.717) is 12.1 Å². The van der Waals surface area contributed by atoms with Gasteiger partial charge in [-0.15, -0.1) is 0 Å². The van der Waals surface area contributed by atoms with Gasteiger partial charge in [-0.1, -0.05) is 28.1 Å². The first-order chi connectivity index (χ1) is 7.00. The van der Waals surface area contributed by atoms with Crippen molar-refractivity contribution in [3.8, 4) is 0 Å². The molecule has 0 aliphatic rings. The summed E-state index contributed by atoms with van der Waals surface area (Å²) in [5.41, 5.74) is 2.67. The number of nitrogens with one attached hydrogen (secondary N) is 1. The van der Waals surface area contributed by atoms with Crippen LogP contribution in [0.1, 0.15) is 22.8 Å². The Morgan fingerprint density at radius 2 is 2.20 bits per heavy atom. The minimum absolute atomic E-state index is 0.0615. The van der Waals surface area contributed by atoms with E-state index < -0.39 is 0 Å². The average molecular weight is 268 g/mol. The highest BCUT2D eigenvalue weighted by atomic mass is 79.9. The summed E-state index contributed by atoms with van der Waals surface area (Å²) < 4.78 is 1.01. The molecular weight excluding hydrogens is 254 g/mol. The number of benzene rings is 1. The van der Waals surface area contributed by atoms with Crippen LogP contribution in [0.3, 0.4) is 0 Å². The largest absolute Gasteiger partial charge is 0.348 e. The Labute approximate surface area is 98.5 Å². The molecule has 0 unspecified atom stereocenters. The summed E-state index contributed by atoms with van der Waals surface area (Å²) in [6.07, 6.45) is 0. The molecule has 1 rings (SSSR count). The second-order valence-electron chi connectivity index (χ2n) is 3.60. The molecule has 0 fully saturated rings. The Morgan fingerprint density at radius 3 is 2.73 bits per heavy atom. The molecule has 3 heteroatoms. The average Bonchev–Trinajstić information content (AvgIpc) is 2.18. The number of rotatable bonds is 3. The fourth-order valence-corrected chi connectivity index (χ4v) is 1.37. The SMILES string of the molecule is C=C(C)CNC(=O)c1ccc(Br)c(C)c1. The molecule has 80 valence electrons. The number of carbonyl (C=O) groups excluding carboxylic acids is 1. The highest BCUT2D eigenvalue weighted by Gasteiger charge is 2.05. The first-order valence-corrected chi connectivity index (χ1v) is 5.48. The number of hydrogen-bond donors (Lipinski definition) is 1. The van der Waals surface area contributed by atoms with Crippen LogP contribution in [0.15, 0.2) is 34.8 Å². The Kier molecular flexibility index (Phi) is 4.09. The number of hydrogen-bond acceptors (Lipinski definition) is 1. The molecular formula is C12H14BrNO. The van der Waals surface area contributed by atoms with Crippen molar-refractivity contribution < 1.29 is 4.79 Å². The molecule has 0 aliphatic carbocycles. The number of halogens is 1. The first-order valence-electron chi connectivity index (χ1n) is 4.69. The Morgan fingerprint density at radius 1 is 1.53 bits per heavy atom. The summed E-state index contributed by atoms with van der Waals surface area (Å²) in [6.45, 7) is 8.09. The minimum Gasteiger partial charge on any atom is -0.348 e. The summed E-state index contributed by atoms with van der Waals surface area (Å²) in [4.78, 5) is 11.6. The van der Waals surface area contributed by atoms with E-state index in [4.69, 9.17) is 0 Å². The molecule has 0 heterocycles. The predicted molar refractivity (Wildman–Crippen MR) is 66.0 cm³/mol. The lowest BCUT2D eigenvalue weighted by Crippen LogP contribution is -2.24. The van der Waals surface area contributed by atoms with Gasteiger partial charge in [-0.25, -0.2) is 0 Å². The number of aryl methyl sites for hydroxylation is 1. The van der Waals surface area contributed by atoms with Crippen molar-refractivity contribution in [2.75, 3.05) is 6.54 Å². The standard InChI is InChI=1S/C12H14BrNO/c1-8(2)7-14-12(15)10-4-5-11(13)9(3)6-10/h4-6H,1,7H2,2-3H3,(H,14,15). The van der Waals surface area contributed by atoms with Gasteiger partial charge in [0.25, 0.3) is 5.91 Å². The topological polar surface area (TPSA) is 29.1 Å². The van der Waals surface area contributed by atoms with Crippen LogP contribution in [0.4, 0.5) is 0 Å². The van der Waals surface area contributed by atoms with Crippen LogP contribution in [0.5, 0.6) is 0 Å². The van der Waals surface area contributed by atoms with E-state index in [0.717, 1.165) is 15.6 Å². The van der Waals surface area contributed by atoms with Crippen molar-refractivity contribution in [2.45, 2.75) is 13.8 Å². The zero-order valence-corrected chi connectivity index (χ0v) is 10.5. The van der Waals surface area contributed by atoms with E-state index in [9.17, 15) is 4.79 Å². The van der Waals surface area contributed by atoms with Gasteiger partial charge in [-0.3, -0.25) is 4.79 Å². The summed E-state index contributed by atoms with van der Waals surface area (Å²) >= 11 is 3.39. The van der Waals surface area contributed by atoms with Gasteiger partial charge in [0.1, 0.15) is 0 Å². The normalized spacial score (nSPS) is 9.80. The highest BCUT2D eigenvalue weighted by molar-refractivity contribution is 9.10. The maximum absolute atomic E-state index is 11.6. The Hall–Kier alpha value is -1.09. The van der Waals surface area contributed by atoms with E-state index in [1.54, 1.807) is 6.07 Å². The molecule has 0 atom stereocenters. The molecule has 0 aliphatic heterocycles. The van der Waals surface area contributed by atoms with Gasteiger partial charge >= 0.3 is 0 Å². The monoisotopic (exact) mass is 267 g/mol. The van der Waals surface area contributed by atoms with E-state index in [-0.39, 0.29) is 5.91 Å². The van der Waals surface area contributed by atoms with Crippen molar-refractivity contribution in [1.29, 1.82) is 0 Å². The second-order valence-corrected chi connectivity index (χ2v) is 4.46. The van der Waals surface area contributed by atoms with Crippen LogP contribution in [0, 0.1) is 6.92 Å². The Balaban J connectivity index is 2.74. The second kappa shape index (κ2) is 5.12. The first kappa shape index (κ1) is 12.0. The molecule has 1 N–H and O–H groups in total. The smallest absolute Gasteiger partial charge is 0.251 e. The number of carbonyl (C=O) groups is 1. The molecule has 15 heavy (non-hydrogen) atoms. The lowest BCUT2D eigenvalue weighted by molar-refractivity contribution is 0.0957. The van der Waals surface area contributed by atoms with Crippen LogP contribution in [0.2, 0.25) is 0 Å². The summed E-state index contributed by atoms with van der Waals surface area (Å²) in [6, 6.07) is 5.54. The molecule has 0 radical (unpaired) electrons. The molecule has 0 bridgehead atoms. The van der Waals surface area contributed by atoms with Gasteiger partial charge in [-0.05, 0) is 37.6 Å². The molecule has 0 saturated carbocycles. The lowest BCUT2D eigenvalue weighted by atomic mass is 10.1. The Bertz CT molecular complexity index is 399. The summed E-state index contributed by atoms with van der Waals surface area (Å²) in [5, 5.41) is 2.79. The van der Waals surface area contributed by atoms with Gasteiger partial charge in [0.15, 0.2) is 0 Å². The van der Waals surface area contributed by atoms with Crippen molar-refractivity contribution in [1.82, 2.24) is 5.32 Å². The van der Waals surface area contributed by atoms with Crippen LogP contribution in [0.25, 0.3) is 0 Å². The maximum atomic E-state index is 11.6. The lowest BCUT2D eigenvalue weighted by Gasteiger charge is -2.06. The van der Waals surface area contributed by atoms with Gasteiger partial charge in [0.05, 0.1) is 0 Å². The highest BCUT2D eigenvalue weighted by Crippen LogP contribution is 2.16. The van der Waals surface area contributed by atoms with E-state index in [1.165, 1.54) is 0 Å². The molecule has 1 aromatic carbocycles. The minimum atomic E-state index is -0.0615. The van der Waals surface area contributed by atoms with Crippen LogP contribution >= 0.6 is 15.9 Å². The predicted octanol–water partition coefficient (Wildman–Crippen LogP) is 3.06. The van der Waals surface area contributed by atoms with E-state index >= 15 is 0 Å². The third-order valence-electron chi connectivity index (χ3n) is 1.97. The third-order valence-corrected chi connectivity index (χ3v) is 2.86. The van der Waals surface area contributed by atoms with Crippen LogP contribution in [-0.2, 0) is 0 Å². The van der Waals surface area contributed by atoms with E-state index in [2.05, 4.69) is 27.8 Å².